The van der Waals surface area contributed by atoms with Crippen LogP contribution in [0.2, 0.25) is 5.02 Å². The molecule has 0 aliphatic heterocycles. The molecule has 0 fully saturated rings. The van der Waals surface area contributed by atoms with Gasteiger partial charge in [-0.3, -0.25) is 0 Å². The Kier molecular flexibility index (Phi) is 6.90. The molecule has 4 nitrogen and oxygen atoms in total. The van der Waals surface area contributed by atoms with Crippen molar-refractivity contribution < 1.29 is 14.6 Å². The number of ether oxygens (including phenoxy) is 1. The molecular formula is C11H11Br2Cl2NO3. The first-order chi connectivity index (χ1) is 8.92. The first kappa shape index (κ1) is 17.0. The summed E-state index contributed by atoms with van der Waals surface area (Å²) in [6, 6.07) is 1.58. The molecule has 0 spiro atoms. The van der Waals surface area contributed by atoms with Crippen molar-refractivity contribution >= 4 is 66.7 Å². The van der Waals surface area contributed by atoms with Gasteiger partial charge in [-0.05, 0) is 37.9 Å². The monoisotopic (exact) mass is 433 g/mol. The maximum atomic E-state index is 11.7. The normalized spacial score (nSPS) is 12.1. The summed E-state index contributed by atoms with van der Waals surface area (Å²) >= 11 is 18.2. The van der Waals surface area contributed by atoms with Gasteiger partial charge in [-0.2, -0.15) is 0 Å². The fourth-order valence-corrected chi connectivity index (χ4v) is 3.53. The van der Waals surface area contributed by atoms with Crippen LogP contribution in [0.5, 0.6) is 0 Å². The van der Waals surface area contributed by atoms with E-state index in [4.69, 9.17) is 27.9 Å². The zero-order chi connectivity index (χ0) is 14.6. The minimum absolute atomic E-state index is 0.0998. The summed E-state index contributed by atoms with van der Waals surface area (Å²) in [5.41, 5.74) is 0.809. The zero-order valence-electron chi connectivity index (χ0n) is 9.84. The molecule has 106 valence electrons. The molecular weight excluding hydrogens is 425 g/mol. The van der Waals surface area contributed by atoms with Crippen LogP contribution >= 0.6 is 55.1 Å². The Bertz CT molecular complexity index is 485. The number of carbonyl (C=O) groups excluding carboxylic acids is 1. The van der Waals surface area contributed by atoms with E-state index in [2.05, 4.69) is 37.2 Å². The van der Waals surface area contributed by atoms with Crippen LogP contribution in [0.15, 0.2) is 15.0 Å². The molecule has 0 aliphatic carbocycles. The van der Waals surface area contributed by atoms with Crippen LogP contribution in [-0.4, -0.2) is 36.7 Å². The minimum atomic E-state index is -0.713. The summed E-state index contributed by atoms with van der Waals surface area (Å²) in [4.78, 5) is 11.7. The molecule has 2 N–H and O–H groups in total. The highest BCUT2D eigenvalue weighted by Gasteiger charge is 2.20. The van der Waals surface area contributed by atoms with Crippen molar-refractivity contribution in [1.82, 2.24) is 0 Å². The van der Waals surface area contributed by atoms with Gasteiger partial charge in [-0.1, -0.05) is 11.6 Å². The van der Waals surface area contributed by atoms with E-state index in [1.807, 2.05) is 0 Å². The number of hydrogen-bond acceptors (Lipinski definition) is 4. The average molecular weight is 436 g/mol. The molecule has 0 heterocycles. The summed E-state index contributed by atoms with van der Waals surface area (Å²) in [6.07, 6.45) is -0.713. The van der Waals surface area contributed by atoms with E-state index in [1.54, 1.807) is 6.07 Å². The van der Waals surface area contributed by atoms with E-state index in [9.17, 15) is 9.90 Å². The number of alkyl halides is 1. The van der Waals surface area contributed by atoms with Gasteiger partial charge in [-0.15, -0.1) is 11.6 Å². The molecule has 0 radical (unpaired) electrons. The molecule has 8 heteroatoms. The topological polar surface area (TPSA) is 58.6 Å². The van der Waals surface area contributed by atoms with Crippen LogP contribution < -0.4 is 5.32 Å². The lowest BCUT2D eigenvalue weighted by Crippen LogP contribution is -2.21. The second-order valence-electron chi connectivity index (χ2n) is 3.58. The number of aliphatic hydroxyl groups is 1. The number of hydrogen-bond donors (Lipinski definition) is 2. The molecule has 0 aliphatic rings. The van der Waals surface area contributed by atoms with Gasteiger partial charge in [0, 0.05) is 11.0 Å². The first-order valence-electron chi connectivity index (χ1n) is 5.16. The van der Waals surface area contributed by atoms with Crippen molar-refractivity contribution in [2.75, 3.05) is 24.9 Å². The maximum absolute atomic E-state index is 11.7. The van der Waals surface area contributed by atoms with Crippen molar-refractivity contribution in [3.8, 4) is 0 Å². The van der Waals surface area contributed by atoms with Gasteiger partial charge in [0.2, 0.25) is 0 Å². The van der Waals surface area contributed by atoms with Gasteiger partial charge in [0.05, 0.1) is 39.8 Å². The Labute approximate surface area is 137 Å². The maximum Gasteiger partial charge on any atom is 0.340 e. The Morgan fingerprint density at radius 2 is 2.21 bits per heavy atom. The van der Waals surface area contributed by atoms with Gasteiger partial charge in [0.25, 0.3) is 0 Å². The highest BCUT2D eigenvalue weighted by Crippen LogP contribution is 2.38. The number of rotatable bonds is 5. The first-order valence-corrected chi connectivity index (χ1v) is 7.65. The molecule has 1 rings (SSSR count). The number of carbonyl (C=O) groups is 1. The van der Waals surface area contributed by atoms with Crippen LogP contribution in [0.3, 0.4) is 0 Å². The van der Waals surface area contributed by atoms with Crippen LogP contribution in [0.1, 0.15) is 10.4 Å². The van der Waals surface area contributed by atoms with E-state index in [-0.39, 0.29) is 12.4 Å². The quantitative estimate of drug-likeness (QED) is 0.547. The van der Waals surface area contributed by atoms with Crippen LogP contribution in [0.25, 0.3) is 0 Å². The summed E-state index contributed by atoms with van der Waals surface area (Å²) in [5, 5.41) is 12.8. The van der Waals surface area contributed by atoms with E-state index in [1.165, 1.54) is 7.11 Å². The standard InChI is InChI=1S/C11H11Br2Cl2NO3/c1-19-11(18)8-6(12)2-7(15)10(9(8)13)16-4-5(17)3-14/h2,5,16-17H,3-4H2,1H3. The summed E-state index contributed by atoms with van der Waals surface area (Å²) < 4.78 is 5.67. The van der Waals surface area contributed by atoms with Gasteiger partial charge >= 0.3 is 5.97 Å². The number of benzene rings is 1. The van der Waals surface area contributed by atoms with Crippen molar-refractivity contribution in [2.24, 2.45) is 0 Å². The fourth-order valence-electron chi connectivity index (χ4n) is 1.32. The second-order valence-corrected chi connectivity index (χ2v) is 5.95. The molecule has 0 bridgehead atoms. The van der Waals surface area contributed by atoms with E-state index < -0.39 is 12.1 Å². The van der Waals surface area contributed by atoms with Gasteiger partial charge in [0.15, 0.2) is 0 Å². The number of methoxy groups -OCH3 is 1. The summed E-state index contributed by atoms with van der Waals surface area (Å²) in [5.74, 6) is -0.404. The summed E-state index contributed by atoms with van der Waals surface area (Å²) in [7, 11) is 1.29. The van der Waals surface area contributed by atoms with Crippen LogP contribution in [0, 0.1) is 0 Å². The molecule has 1 aromatic carbocycles. The Balaban J connectivity index is 3.14. The second kappa shape index (κ2) is 7.69. The van der Waals surface area contributed by atoms with E-state index in [0.717, 1.165) is 0 Å². The van der Waals surface area contributed by atoms with Crippen molar-refractivity contribution in [3.05, 3.63) is 25.6 Å². The zero-order valence-corrected chi connectivity index (χ0v) is 14.5. The van der Waals surface area contributed by atoms with Gasteiger partial charge in [-0.25, -0.2) is 4.79 Å². The predicted octanol–water partition coefficient (Wildman–Crippen LogP) is 3.66. The largest absolute Gasteiger partial charge is 0.465 e. The molecule has 0 aromatic heterocycles. The third-order valence-corrected chi connectivity index (χ3v) is 4.32. The lowest BCUT2D eigenvalue weighted by Gasteiger charge is -2.16. The van der Waals surface area contributed by atoms with Crippen LogP contribution in [0.4, 0.5) is 5.69 Å². The fraction of sp³-hybridized carbons (Fsp3) is 0.364. The number of halogens is 4. The van der Waals surface area contributed by atoms with Crippen molar-refractivity contribution in [2.45, 2.75) is 6.10 Å². The van der Waals surface area contributed by atoms with Crippen LogP contribution in [-0.2, 0) is 4.74 Å². The Morgan fingerprint density at radius 1 is 1.58 bits per heavy atom. The molecule has 0 saturated carbocycles. The predicted molar refractivity (Wildman–Crippen MR) is 83.4 cm³/mol. The third-order valence-electron chi connectivity index (χ3n) is 2.25. The highest BCUT2D eigenvalue weighted by molar-refractivity contribution is 9.11. The number of nitrogens with one attached hydrogen (secondary N) is 1. The Morgan fingerprint density at radius 3 is 2.74 bits per heavy atom. The lowest BCUT2D eigenvalue weighted by atomic mass is 10.2. The van der Waals surface area contributed by atoms with Gasteiger partial charge < -0.3 is 15.2 Å². The van der Waals surface area contributed by atoms with E-state index in [0.29, 0.717) is 25.2 Å². The Hall–Kier alpha value is -0.0100. The molecule has 19 heavy (non-hydrogen) atoms. The SMILES string of the molecule is COC(=O)c1c(Br)cc(Cl)c(NCC(O)CCl)c1Br. The number of anilines is 1. The third kappa shape index (κ3) is 4.23. The molecule has 1 aromatic rings. The summed E-state index contributed by atoms with van der Waals surface area (Å²) in [6.45, 7) is 0.212. The number of aliphatic hydroxyl groups excluding tert-OH is 1. The smallest absolute Gasteiger partial charge is 0.340 e. The molecule has 0 saturated heterocycles. The molecule has 0 amide bonds. The van der Waals surface area contributed by atoms with E-state index >= 15 is 0 Å². The number of esters is 1. The van der Waals surface area contributed by atoms with Crippen molar-refractivity contribution in [1.29, 1.82) is 0 Å². The molecule has 1 unspecified atom stereocenters. The average Bonchev–Trinajstić information content (AvgIpc) is 2.37. The minimum Gasteiger partial charge on any atom is -0.465 e. The highest BCUT2D eigenvalue weighted by atomic mass is 79.9. The molecule has 1 atom stereocenters. The van der Waals surface area contributed by atoms with Crippen molar-refractivity contribution in [3.63, 3.8) is 0 Å². The lowest BCUT2D eigenvalue weighted by molar-refractivity contribution is 0.0598. The van der Waals surface area contributed by atoms with Gasteiger partial charge in [0.1, 0.15) is 0 Å².